The molecule has 7 nitrogen and oxygen atoms in total. The lowest BCUT2D eigenvalue weighted by Gasteiger charge is -2.14. The van der Waals surface area contributed by atoms with Crippen molar-refractivity contribution in [3.63, 3.8) is 0 Å². The largest absolute Gasteiger partial charge is 0.493 e. The number of hydrogen-bond donors (Lipinski definition) is 1. The smallest absolute Gasteiger partial charge is 0.416 e. The molecule has 5 rings (SSSR count). The summed E-state index contributed by atoms with van der Waals surface area (Å²) in [6, 6.07) is 21.1. The predicted molar refractivity (Wildman–Crippen MR) is 159 cm³/mol. The topological polar surface area (TPSA) is 84.9 Å². The minimum absolute atomic E-state index is 0.0276. The molecule has 220 valence electrons. The van der Waals surface area contributed by atoms with E-state index in [0.29, 0.717) is 33.7 Å². The number of hydrogen-bond acceptors (Lipinski definition) is 6. The van der Waals surface area contributed by atoms with Crippen LogP contribution in [0, 0.1) is 0 Å². The van der Waals surface area contributed by atoms with E-state index in [1.54, 1.807) is 12.1 Å². The highest BCUT2D eigenvalue weighted by Gasteiger charge is 2.36. The summed E-state index contributed by atoms with van der Waals surface area (Å²) in [6.07, 6.45) is -3.16. The van der Waals surface area contributed by atoms with Gasteiger partial charge in [0, 0.05) is 5.69 Å². The van der Waals surface area contributed by atoms with Crippen molar-refractivity contribution in [2.45, 2.75) is 12.8 Å². The van der Waals surface area contributed by atoms with E-state index >= 15 is 0 Å². The Hall–Kier alpha value is -4.48. The summed E-state index contributed by atoms with van der Waals surface area (Å²) in [7, 11) is 1.44. The number of methoxy groups -OCH3 is 1. The van der Waals surface area contributed by atoms with Gasteiger partial charge in [0.2, 0.25) is 5.91 Å². The quantitative estimate of drug-likeness (QED) is 0.201. The molecule has 4 aromatic carbocycles. The molecule has 0 radical (unpaired) electrons. The maximum atomic E-state index is 13.0. The lowest BCUT2D eigenvalue weighted by molar-refractivity contribution is -0.137. The normalized spacial score (nSPS) is 14.4. The first kappa shape index (κ1) is 30.0. The van der Waals surface area contributed by atoms with Crippen LogP contribution >= 0.6 is 23.4 Å². The summed E-state index contributed by atoms with van der Waals surface area (Å²) >= 11 is 7.13. The molecule has 1 fully saturated rings. The van der Waals surface area contributed by atoms with E-state index in [9.17, 15) is 27.6 Å². The van der Waals surface area contributed by atoms with Crippen molar-refractivity contribution in [1.29, 1.82) is 0 Å². The zero-order valence-corrected chi connectivity index (χ0v) is 24.0. The van der Waals surface area contributed by atoms with Crippen molar-refractivity contribution < 1.29 is 37.0 Å². The summed E-state index contributed by atoms with van der Waals surface area (Å²) in [4.78, 5) is 38.7. The van der Waals surface area contributed by atoms with Gasteiger partial charge in [0.05, 0.1) is 22.6 Å². The van der Waals surface area contributed by atoms with Crippen LogP contribution in [0.1, 0.15) is 16.7 Å². The van der Waals surface area contributed by atoms with E-state index < -0.39 is 35.3 Å². The van der Waals surface area contributed by atoms with Gasteiger partial charge in [0.25, 0.3) is 11.1 Å². The molecule has 0 bridgehead atoms. The fraction of sp³-hybridized carbons (Fsp3) is 0.129. The molecule has 0 atom stereocenters. The number of halogens is 4. The first-order chi connectivity index (χ1) is 20.5. The van der Waals surface area contributed by atoms with Crippen LogP contribution in [0.3, 0.4) is 0 Å². The third kappa shape index (κ3) is 6.95. The number of amides is 3. The number of carbonyl (C=O) groups is 3. The molecule has 0 spiro atoms. The van der Waals surface area contributed by atoms with Gasteiger partial charge in [0.1, 0.15) is 13.2 Å². The Morgan fingerprint density at radius 2 is 1.77 bits per heavy atom. The first-order valence-electron chi connectivity index (χ1n) is 12.7. The second kappa shape index (κ2) is 12.4. The van der Waals surface area contributed by atoms with Gasteiger partial charge in [-0.15, -0.1) is 0 Å². The van der Waals surface area contributed by atoms with Crippen LogP contribution < -0.4 is 14.8 Å². The maximum absolute atomic E-state index is 13.0. The number of fused-ring (bicyclic) bond motifs is 1. The van der Waals surface area contributed by atoms with Crippen LogP contribution in [0.5, 0.6) is 11.5 Å². The Labute approximate surface area is 253 Å². The number of imide groups is 1. The summed E-state index contributed by atoms with van der Waals surface area (Å²) in [5.74, 6) is -0.963. The number of nitrogens with zero attached hydrogens (tertiary/aromatic N) is 1. The lowest BCUT2D eigenvalue weighted by Crippen LogP contribution is -2.36. The molecule has 0 saturated carbocycles. The average molecular weight is 627 g/mol. The van der Waals surface area contributed by atoms with Crippen molar-refractivity contribution in [2.75, 3.05) is 19.0 Å². The molecular formula is C31H22ClF3N2O5S. The van der Waals surface area contributed by atoms with E-state index in [0.717, 1.165) is 34.5 Å². The summed E-state index contributed by atoms with van der Waals surface area (Å²) < 4.78 is 50.3. The van der Waals surface area contributed by atoms with E-state index in [1.165, 1.54) is 19.3 Å². The van der Waals surface area contributed by atoms with E-state index in [2.05, 4.69) is 5.32 Å². The second-order valence-corrected chi connectivity index (χ2v) is 10.8. The molecule has 0 unspecified atom stereocenters. The van der Waals surface area contributed by atoms with Gasteiger partial charge in [-0.05, 0) is 76.1 Å². The number of alkyl halides is 3. The van der Waals surface area contributed by atoms with Crippen molar-refractivity contribution in [3.8, 4) is 11.5 Å². The molecular weight excluding hydrogens is 605 g/mol. The van der Waals surface area contributed by atoms with Crippen molar-refractivity contribution in [3.05, 3.63) is 105 Å². The Morgan fingerprint density at radius 1 is 1.00 bits per heavy atom. The van der Waals surface area contributed by atoms with Gasteiger partial charge >= 0.3 is 6.18 Å². The Morgan fingerprint density at radius 3 is 2.51 bits per heavy atom. The van der Waals surface area contributed by atoms with Crippen LogP contribution in [0.4, 0.5) is 23.7 Å². The molecule has 1 heterocycles. The lowest BCUT2D eigenvalue weighted by atomic mass is 10.1. The van der Waals surface area contributed by atoms with Crippen molar-refractivity contribution >= 4 is 63.0 Å². The Balaban J connectivity index is 1.27. The highest BCUT2D eigenvalue weighted by atomic mass is 35.5. The molecule has 4 aromatic rings. The SMILES string of the molecule is COc1cc(/C=C2\SC(=O)N(CC(=O)Nc3cccc(C(F)(F)F)c3)C2=O)cc(Cl)c1OCc1ccc2ccccc2c1. The number of benzene rings is 4. The number of thioether (sulfide) groups is 1. The number of nitrogens with one attached hydrogen (secondary N) is 1. The van der Waals surface area contributed by atoms with Crippen molar-refractivity contribution in [2.24, 2.45) is 0 Å². The number of rotatable bonds is 8. The molecule has 0 aromatic heterocycles. The molecule has 12 heteroatoms. The van der Waals surface area contributed by atoms with Gasteiger partial charge in [-0.3, -0.25) is 19.3 Å². The fourth-order valence-electron chi connectivity index (χ4n) is 4.35. The van der Waals surface area contributed by atoms with Crippen LogP contribution in [0.15, 0.2) is 83.8 Å². The highest BCUT2D eigenvalue weighted by molar-refractivity contribution is 8.18. The van der Waals surface area contributed by atoms with Crippen LogP contribution in [0.25, 0.3) is 16.8 Å². The minimum atomic E-state index is -4.59. The van der Waals surface area contributed by atoms with E-state index in [4.69, 9.17) is 21.1 Å². The molecule has 43 heavy (non-hydrogen) atoms. The van der Waals surface area contributed by atoms with Crippen molar-refractivity contribution in [1.82, 2.24) is 4.90 Å². The van der Waals surface area contributed by atoms with Crippen LogP contribution in [-0.2, 0) is 22.4 Å². The Bertz CT molecular complexity index is 1780. The first-order valence-corrected chi connectivity index (χ1v) is 13.9. The highest BCUT2D eigenvalue weighted by Crippen LogP contribution is 2.39. The van der Waals surface area contributed by atoms with Gasteiger partial charge < -0.3 is 14.8 Å². The summed E-state index contributed by atoms with van der Waals surface area (Å²) in [6.45, 7) is -0.453. The standard InChI is InChI=1S/C31H22ClF3N2O5S/c1-41-25-13-19(12-24(32)28(25)42-17-18-9-10-20-5-2-3-6-21(20)11-18)14-26-29(39)37(30(40)43-26)16-27(38)36-23-8-4-7-22(15-23)31(33,34)35/h2-15H,16-17H2,1H3,(H,36,38)/b26-14-. The third-order valence-corrected chi connectivity index (χ3v) is 7.58. The maximum Gasteiger partial charge on any atom is 0.416 e. The van der Waals surface area contributed by atoms with E-state index in [-0.39, 0.29) is 22.2 Å². The predicted octanol–water partition coefficient (Wildman–Crippen LogP) is 7.77. The van der Waals surface area contributed by atoms with Gasteiger partial charge in [-0.25, -0.2) is 0 Å². The third-order valence-electron chi connectivity index (χ3n) is 6.40. The van der Waals surface area contributed by atoms with Crippen LogP contribution in [-0.4, -0.2) is 35.6 Å². The van der Waals surface area contributed by atoms with E-state index in [1.807, 2.05) is 42.5 Å². The second-order valence-electron chi connectivity index (χ2n) is 9.40. The average Bonchev–Trinajstić information content (AvgIpc) is 3.23. The monoisotopic (exact) mass is 626 g/mol. The molecule has 1 N–H and O–H groups in total. The zero-order chi connectivity index (χ0) is 30.7. The van der Waals surface area contributed by atoms with Gasteiger partial charge in [-0.2, -0.15) is 13.2 Å². The molecule has 1 aliphatic rings. The zero-order valence-electron chi connectivity index (χ0n) is 22.4. The van der Waals surface area contributed by atoms with Gasteiger partial charge in [0.15, 0.2) is 11.5 Å². The fourth-order valence-corrected chi connectivity index (χ4v) is 5.46. The number of anilines is 1. The summed E-state index contributed by atoms with van der Waals surface area (Å²) in [5.41, 5.74) is 0.302. The molecule has 1 saturated heterocycles. The van der Waals surface area contributed by atoms with Gasteiger partial charge in [-0.1, -0.05) is 54.1 Å². The summed E-state index contributed by atoms with van der Waals surface area (Å²) in [5, 5.41) is 3.97. The Kier molecular flexibility index (Phi) is 8.65. The molecule has 3 amide bonds. The molecule has 1 aliphatic heterocycles. The number of ether oxygens (including phenoxy) is 2. The minimum Gasteiger partial charge on any atom is -0.493 e. The molecule has 0 aliphatic carbocycles. The van der Waals surface area contributed by atoms with Crippen LogP contribution in [0.2, 0.25) is 5.02 Å². The number of carbonyl (C=O) groups excluding carboxylic acids is 3.